The number of nitrogens with zero attached hydrogens (tertiary/aromatic N) is 2. The number of carbonyl (C=O) groups is 1. The summed E-state index contributed by atoms with van der Waals surface area (Å²) in [5.41, 5.74) is 1.96. The van der Waals surface area contributed by atoms with Crippen LogP contribution in [0, 0.1) is 0 Å². The first-order valence-electron chi connectivity index (χ1n) is 11.6. The van der Waals surface area contributed by atoms with Crippen LogP contribution in [-0.4, -0.2) is 35.5 Å². The van der Waals surface area contributed by atoms with Gasteiger partial charge in [0.25, 0.3) is 5.56 Å². The third kappa shape index (κ3) is 4.92. The van der Waals surface area contributed by atoms with E-state index in [1.54, 1.807) is 32.1 Å². The van der Waals surface area contributed by atoms with Crippen LogP contribution in [0.2, 0.25) is 0 Å². The number of benzene rings is 2. The van der Waals surface area contributed by atoms with Crippen molar-refractivity contribution in [2.24, 2.45) is 4.99 Å². The monoisotopic (exact) mass is 508 g/mol. The molecule has 0 saturated carbocycles. The second-order valence-electron chi connectivity index (χ2n) is 8.47. The first-order valence-corrected chi connectivity index (χ1v) is 12.4. The van der Waals surface area contributed by atoms with Crippen LogP contribution in [0.25, 0.3) is 6.08 Å². The van der Waals surface area contributed by atoms with E-state index in [1.807, 2.05) is 38.1 Å². The van der Waals surface area contributed by atoms with Crippen molar-refractivity contribution in [2.45, 2.75) is 39.8 Å². The van der Waals surface area contributed by atoms with Gasteiger partial charge in [-0.2, -0.15) is 0 Å². The highest BCUT2D eigenvalue weighted by atomic mass is 32.1. The maximum Gasteiger partial charge on any atom is 0.338 e. The van der Waals surface area contributed by atoms with E-state index in [0.717, 1.165) is 5.56 Å². The molecule has 1 atom stereocenters. The molecule has 0 spiro atoms. The van der Waals surface area contributed by atoms with E-state index < -0.39 is 12.0 Å². The minimum Gasteiger partial charge on any atom is -0.504 e. The molecule has 1 aliphatic heterocycles. The summed E-state index contributed by atoms with van der Waals surface area (Å²) in [4.78, 5) is 31.7. The van der Waals surface area contributed by atoms with Gasteiger partial charge in [-0.05, 0) is 69.2 Å². The summed E-state index contributed by atoms with van der Waals surface area (Å²) in [6.45, 7) is 7.58. The Morgan fingerprint density at radius 2 is 1.94 bits per heavy atom. The Labute approximate surface area is 212 Å². The predicted molar refractivity (Wildman–Crippen MR) is 137 cm³/mol. The van der Waals surface area contributed by atoms with Crippen molar-refractivity contribution in [2.75, 3.05) is 13.7 Å². The molecule has 4 rings (SSSR count). The number of aromatic hydroxyl groups is 1. The van der Waals surface area contributed by atoms with Gasteiger partial charge in [0, 0.05) is 0 Å². The van der Waals surface area contributed by atoms with E-state index in [1.165, 1.54) is 29.1 Å². The zero-order valence-corrected chi connectivity index (χ0v) is 21.6. The van der Waals surface area contributed by atoms with Gasteiger partial charge in [-0.1, -0.05) is 29.5 Å². The molecule has 0 fully saturated rings. The normalized spacial score (nSPS) is 15.5. The molecule has 0 aliphatic carbocycles. The van der Waals surface area contributed by atoms with E-state index in [4.69, 9.17) is 14.2 Å². The lowest BCUT2D eigenvalue weighted by atomic mass is 9.96. The van der Waals surface area contributed by atoms with Crippen molar-refractivity contribution in [3.05, 3.63) is 84.5 Å². The van der Waals surface area contributed by atoms with Crippen LogP contribution in [0.15, 0.2) is 63.5 Å². The van der Waals surface area contributed by atoms with Gasteiger partial charge in [0.1, 0.15) is 5.75 Å². The summed E-state index contributed by atoms with van der Waals surface area (Å²) in [5, 5.41) is 9.90. The second-order valence-corrected chi connectivity index (χ2v) is 9.48. The van der Waals surface area contributed by atoms with Crippen LogP contribution >= 0.6 is 11.3 Å². The van der Waals surface area contributed by atoms with E-state index in [0.29, 0.717) is 37.7 Å². The van der Waals surface area contributed by atoms with Crippen LogP contribution in [0.4, 0.5) is 0 Å². The second kappa shape index (κ2) is 10.4. The average molecular weight is 509 g/mol. The lowest BCUT2D eigenvalue weighted by Gasteiger charge is -2.25. The summed E-state index contributed by atoms with van der Waals surface area (Å²) < 4.78 is 18.2. The zero-order chi connectivity index (χ0) is 26.0. The molecule has 188 valence electrons. The Morgan fingerprint density at radius 1 is 1.22 bits per heavy atom. The summed E-state index contributed by atoms with van der Waals surface area (Å²) in [5.74, 6) is 0.499. The number of hydrogen-bond acceptors (Lipinski definition) is 8. The SMILES string of the molecule is CCOC(=O)C1=C(C)N=c2s/c(=C\c3ccc(O)c(OC)c3)c(=O)n2[C@H]1c1ccc(OC(C)C)cc1. The molecule has 0 bridgehead atoms. The van der Waals surface area contributed by atoms with Gasteiger partial charge in [-0.25, -0.2) is 9.79 Å². The molecule has 0 radical (unpaired) electrons. The highest BCUT2D eigenvalue weighted by molar-refractivity contribution is 7.07. The molecule has 1 N–H and O–H groups in total. The number of phenols is 1. The Kier molecular flexibility index (Phi) is 7.30. The number of hydrogen-bond donors (Lipinski definition) is 1. The molecule has 0 amide bonds. The molecular weight excluding hydrogens is 480 g/mol. The fourth-order valence-electron chi connectivity index (χ4n) is 4.04. The number of ether oxygens (including phenoxy) is 3. The molecule has 36 heavy (non-hydrogen) atoms. The van der Waals surface area contributed by atoms with Crippen molar-refractivity contribution in [1.82, 2.24) is 4.57 Å². The van der Waals surface area contributed by atoms with Crippen molar-refractivity contribution >= 4 is 23.4 Å². The van der Waals surface area contributed by atoms with Crippen molar-refractivity contribution in [3.63, 3.8) is 0 Å². The highest BCUT2D eigenvalue weighted by Crippen LogP contribution is 2.32. The summed E-state index contributed by atoms with van der Waals surface area (Å²) in [6.07, 6.45) is 1.73. The van der Waals surface area contributed by atoms with Crippen molar-refractivity contribution in [1.29, 1.82) is 0 Å². The molecule has 8 nitrogen and oxygen atoms in total. The fourth-order valence-corrected chi connectivity index (χ4v) is 5.09. The topological polar surface area (TPSA) is 99.4 Å². The van der Waals surface area contributed by atoms with E-state index in [2.05, 4.69) is 4.99 Å². The van der Waals surface area contributed by atoms with Gasteiger partial charge in [0.2, 0.25) is 0 Å². The predicted octanol–water partition coefficient (Wildman–Crippen LogP) is 3.30. The Morgan fingerprint density at radius 3 is 2.58 bits per heavy atom. The Hall–Kier alpha value is -3.85. The summed E-state index contributed by atoms with van der Waals surface area (Å²) in [6, 6.07) is 11.5. The summed E-state index contributed by atoms with van der Waals surface area (Å²) in [7, 11) is 1.46. The number of fused-ring (bicyclic) bond motifs is 1. The molecule has 2 heterocycles. The maximum absolute atomic E-state index is 13.7. The molecule has 0 saturated heterocycles. The van der Waals surface area contributed by atoms with Gasteiger partial charge in [0.15, 0.2) is 16.3 Å². The Balaban J connectivity index is 1.89. The number of carbonyl (C=O) groups excluding carboxylic acids is 1. The number of rotatable bonds is 7. The number of methoxy groups -OCH3 is 1. The van der Waals surface area contributed by atoms with Crippen LogP contribution in [0.3, 0.4) is 0 Å². The van der Waals surface area contributed by atoms with Gasteiger partial charge in [0.05, 0.1) is 41.7 Å². The van der Waals surface area contributed by atoms with E-state index >= 15 is 0 Å². The number of esters is 1. The molecule has 1 aromatic heterocycles. The van der Waals surface area contributed by atoms with Gasteiger partial charge >= 0.3 is 5.97 Å². The minimum atomic E-state index is -0.704. The van der Waals surface area contributed by atoms with Gasteiger partial charge < -0.3 is 19.3 Å². The van der Waals surface area contributed by atoms with E-state index in [9.17, 15) is 14.7 Å². The van der Waals surface area contributed by atoms with Crippen LogP contribution in [0.1, 0.15) is 44.9 Å². The lowest BCUT2D eigenvalue weighted by Crippen LogP contribution is -2.39. The standard InChI is InChI=1S/C27H28N2O6S/c1-6-34-26(32)23-16(4)28-27-29(24(23)18-8-10-19(11-9-18)35-15(2)3)25(31)22(36-27)14-17-7-12-20(30)21(13-17)33-5/h7-15,24,30H,6H2,1-5H3/b22-14-/t24-/m0/s1. The first kappa shape index (κ1) is 25.2. The average Bonchev–Trinajstić information content (AvgIpc) is 3.14. The Bertz CT molecular complexity index is 1500. The first-order chi connectivity index (χ1) is 17.2. The number of phenolic OH excluding ortho intramolecular Hbond substituents is 1. The largest absolute Gasteiger partial charge is 0.504 e. The maximum atomic E-state index is 13.7. The quantitative estimate of drug-likeness (QED) is 0.492. The fraction of sp³-hybridized carbons (Fsp3) is 0.296. The zero-order valence-electron chi connectivity index (χ0n) is 20.8. The number of aromatic nitrogens is 1. The van der Waals surface area contributed by atoms with Crippen LogP contribution in [0.5, 0.6) is 17.2 Å². The lowest BCUT2D eigenvalue weighted by molar-refractivity contribution is -0.139. The summed E-state index contributed by atoms with van der Waals surface area (Å²) >= 11 is 1.23. The van der Waals surface area contributed by atoms with Gasteiger partial charge in [-0.3, -0.25) is 9.36 Å². The minimum absolute atomic E-state index is 0.00991. The van der Waals surface area contributed by atoms with Crippen molar-refractivity contribution in [3.8, 4) is 17.2 Å². The molecular formula is C27H28N2O6S. The van der Waals surface area contributed by atoms with Crippen LogP contribution < -0.4 is 24.4 Å². The third-order valence-corrected chi connectivity index (χ3v) is 6.57. The van der Waals surface area contributed by atoms with Gasteiger partial charge in [-0.15, -0.1) is 0 Å². The molecule has 9 heteroatoms. The molecule has 0 unspecified atom stereocenters. The molecule has 1 aliphatic rings. The smallest absolute Gasteiger partial charge is 0.338 e. The van der Waals surface area contributed by atoms with Crippen LogP contribution in [-0.2, 0) is 9.53 Å². The third-order valence-electron chi connectivity index (χ3n) is 5.59. The number of thiazole rings is 1. The van der Waals surface area contributed by atoms with Crippen molar-refractivity contribution < 1.29 is 24.1 Å². The molecule has 3 aromatic rings. The molecule has 2 aromatic carbocycles. The number of allylic oxidation sites excluding steroid dienone is 1. The highest BCUT2D eigenvalue weighted by Gasteiger charge is 2.33. The van der Waals surface area contributed by atoms with E-state index in [-0.39, 0.29) is 24.0 Å².